The number of rotatable bonds is 2. The molecular formula is C16H11ClN4S2. The SMILES string of the molecule is S=c1[nH]n2c(=S)nc3cc(Cl)ccc3c2n1Cc1ccccc1. The smallest absolute Gasteiger partial charge is 0.221 e. The number of aromatic nitrogens is 4. The Morgan fingerprint density at radius 3 is 2.65 bits per heavy atom. The lowest BCUT2D eigenvalue weighted by Crippen LogP contribution is -2.02. The van der Waals surface area contributed by atoms with Crippen molar-refractivity contribution in [3.8, 4) is 0 Å². The summed E-state index contributed by atoms with van der Waals surface area (Å²) in [5, 5.41) is 4.70. The fourth-order valence-corrected chi connectivity index (χ4v) is 3.32. The lowest BCUT2D eigenvalue weighted by molar-refractivity contribution is 0.812. The van der Waals surface area contributed by atoms with Crippen LogP contribution in [-0.4, -0.2) is 19.2 Å². The fourth-order valence-electron chi connectivity index (χ4n) is 2.68. The van der Waals surface area contributed by atoms with Crippen LogP contribution in [0, 0.1) is 9.54 Å². The highest BCUT2D eigenvalue weighted by Crippen LogP contribution is 2.23. The number of fused-ring (bicyclic) bond motifs is 3. The van der Waals surface area contributed by atoms with Gasteiger partial charge in [0.25, 0.3) is 0 Å². The Labute approximate surface area is 147 Å². The maximum Gasteiger partial charge on any atom is 0.221 e. The van der Waals surface area contributed by atoms with Gasteiger partial charge in [0.15, 0.2) is 4.77 Å². The van der Waals surface area contributed by atoms with Crippen LogP contribution in [0.15, 0.2) is 48.5 Å². The average Bonchev–Trinajstić information content (AvgIpc) is 2.86. The van der Waals surface area contributed by atoms with Crippen molar-refractivity contribution in [2.75, 3.05) is 0 Å². The molecule has 0 radical (unpaired) electrons. The highest BCUT2D eigenvalue weighted by atomic mass is 35.5. The molecule has 0 aliphatic heterocycles. The van der Waals surface area contributed by atoms with Crippen LogP contribution in [0.25, 0.3) is 16.6 Å². The molecule has 2 aromatic heterocycles. The molecule has 0 bridgehead atoms. The Morgan fingerprint density at radius 2 is 1.87 bits per heavy atom. The number of nitrogens with one attached hydrogen (secondary N) is 1. The number of hydrogen-bond acceptors (Lipinski definition) is 3. The van der Waals surface area contributed by atoms with Crippen LogP contribution >= 0.6 is 36.0 Å². The topological polar surface area (TPSA) is 38.0 Å². The first-order valence-corrected chi connectivity index (χ1v) is 8.18. The van der Waals surface area contributed by atoms with Crippen LogP contribution in [0.4, 0.5) is 0 Å². The van der Waals surface area contributed by atoms with Crippen LogP contribution in [0.1, 0.15) is 5.56 Å². The molecule has 0 unspecified atom stereocenters. The number of benzene rings is 2. The third kappa shape index (κ3) is 2.49. The van der Waals surface area contributed by atoms with Crippen LogP contribution < -0.4 is 0 Å². The quantitative estimate of drug-likeness (QED) is 0.524. The van der Waals surface area contributed by atoms with Gasteiger partial charge in [-0.2, -0.15) is 0 Å². The summed E-state index contributed by atoms with van der Waals surface area (Å²) < 4.78 is 4.80. The molecule has 0 aliphatic rings. The summed E-state index contributed by atoms with van der Waals surface area (Å²) in [5.41, 5.74) is 2.82. The molecule has 114 valence electrons. The van der Waals surface area contributed by atoms with E-state index < -0.39 is 0 Å². The van der Waals surface area contributed by atoms with E-state index in [2.05, 4.69) is 22.2 Å². The molecule has 0 spiro atoms. The molecule has 4 rings (SSSR count). The van der Waals surface area contributed by atoms with Gasteiger partial charge in [0, 0.05) is 10.4 Å². The van der Waals surface area contributed by atoms with E-state index in [1.54, 1.807) is 4.52 Å². The first kappa shape index (κ1) is 14.6. The van der Waals surface area contributed by atoms with Crippen LogP contribution in [0.2, 0.25) is 5.02 Å². The van der Waals surface area contributed by atoms with Crippen LogP contribution in [0.3, 0.4) is 0 Å². The number of H-pyrrole nitrogens is 1. The van der Waals surface area contributed by atoms with Crippen LogP contribution in [-0.2, 0) is 6.54 Å². The summed E-state index contributed by atoms with van der Waals surface area (Å²) in [6.07, 6.45) is 0. The first-order chi connectivity index (χ1) is 11.1. The Balaban J connectivity index is 2.08. The number of halogens is 1. The van der Waals surface area contributed by atoms with Gasteiger partial charge in [0.1, 0.15) is 5.65 Å². The van der Waals surface area contributed by atoms with E-state index in [1.165, 1.54) is 0 Å². The van der Waals surface area contributed by atoms with Gasteiger partial charge in [0.05, 0.1) is 12.1 Å². The highest BCUT2D eigenvalue weighted by Gasteiger charge is 2.11. The van der Waals surface area contributed by atoms with Gasteiger partial charge < -0.3 is 0 Å². The molecule has 2 heterocycles. The minimum Gasteiger partial charge on any atom is -0.297 e. The van der Waals surface area contributed by atoms with E-state index in [0.29, 0.717) is 21.1 Å². The Kier molecular flexibility index (Phi) is 3.52. The molecule has 0 saturated heterocycles. The highest BCUT2D eigenvalue weighted by molar-refractivity contribution is 7.71. The second-order valence-corrected chi connectivity index (χ2v) is 6.39. The predicted molar refractivity (Wildman–Crippen MR) is 97.3 cm³/mol. The average molecular weight is 359 g/mol. The Hall–Kier alpha value is -2.02. The van der Waals surface area contributed by atoms with Crippen molar-refractivity contribution in [1.82, 2.24) is 19.2 Å². The second kappa shape index (κ2) is 5.56. The van der Waals surface area contributed by atoms with Gasteiger partial charge >= 0.3 is 0 Å². The molecule has 0 aliphatic carbocycles. The van der Waals surface area contributed by atoms with Crippen molar-refractivity contribution >= 4 is 52.6 Å². The molecule has 23 heavy (non-hydrogen) atoms. The van der Waals surface area contributed by atoms with Crippen LogP contribution in [0.5, 0.6) is 0 Å². The zero-order valence-corrected chi connectivity index (χ0v) is 14.3. The fraction of sp³-hybridized carbons (Fsp3) is 0.0625. The molecule has 0 fully saturated rings. The van der Waals surface area contributed by atoms with Gasteiger partial charge in [-0.3, -0.25) is 9.67 Å². The third-order valence-electron chi connectivity index (χ3n) is 3.71. The van der Waals surface area contributed by atoms with Crippen molar-refractivity contribution in [2.24, 2.45) is 0 Å². The van der Waals surface area contributed by atoms with Crippen molar-refractivity contribution < 1.29 is 0 Å². The maximum absolute atomic E-state index is 6.08. The van der Waals surface area contributed by atoms with Gasteiger partial charge in [0.2, 0.25) is 4.77 Å². The molecule has 4 nitrogen and oxygen atoms in total. The Morgan fingerprint density at radius 1 is 1.09 bits per heavy atom. The molecule has 1 N–H and O–H groups in total. The van der Waals surface area contributed by atoms with Crippen molar-refractivity contribution in [1.29, 1.82) is 0 Å². The molecule has 0 amide bonds. The number of nitrogens with zero attached hydrogens (tertiary/aromatic N) is 3. The zero-order valence-electron chi connectivity index (χ0n) is 11.9. The summed E-state index contributed by atoms with van der Waals surface area (Å²) >= 11 is 16.9. The van der Waals surface area contributed by atoms with E-state index in [0.717, 1.165) is 22.1 Å². The van der Waals surface area contributed by atoms with Crippen molar-refractivity contribution in [3.63, 3.8) is 0 Å². The van der Waals surface area contributed by atoms with E-state index >= 15 is 0 Å². The predicted octanol–water partition coefficient (Wildman–Crippen LogP) is 4.78. The monoisotopic (exact) mass is 358 g/mol. The minimum absolute atomic E-state index is 0.424. The minimum atomic E-state index is 0.424. The number of hydrogen-bond donors (Lipinski definition) is 1. The summed E-state index contributed by atoms with van der Waals surface area (Å²) in [5.74, 6) is 0. The molecule has 7 heteroatoms. The largest absolute Gasteiger partial charge is 0.297 e. The second-order valence-electron chi connectivity index (χ2n) is 5.20. The normalized spacial score (nSPS) is 11.3. The summed E-state index contributed by atoms with van der Waals surface area (Å²) in [6, 6.07) is 15.8. The van der Waals surface area contributed by atoms with Crippen molar-refractivity contribution in [2.45, 2.75) is 6.54 Å². The van der Waals surface area contributed by atoms with E-state index in [9.17, 15) is 0 Å². The van der Waals surface area contributed by atoms with Crippen molar-refractivity contribution in [3.05, 3.63) is 68.7 Å². The molecule has 0 atom stereocenters. The van der Waals surface area contributed by atoms with Gasteiger partial charge in [-0.15, -0.1) is 0 Å². The zero-order chi connectivity index (χ0) is 16.0. The molecule has 4 aromatic rings. The molecule has 0 saturated carbocycles. The summed E-state index contributed by atoms with van der Waals surface area (Å²) in [7, 11) is 0. The van der Waals surface area contributed by atoms with E-state index in [4.69, 9.17) is 36.0 Å². The third-order valence-corrected chi connectivity index (χ3v) is 4.53. The van der Waals surface area contributed by atoms with E-state index in [1.807, 2.05) is 41.0 Å². The molecule has 2 aromatic carbocycles. The maximum atomic E-state index is 6.08. The Bertz CT molecular complexity index is 1140. The summed E-state index contributed by atoms with van der Waals surface area (Å²) in [4.78, 5) is 4.43. The lowest BCUT2D eigenvalue weighted by Gasteiger charge is -2.07. The number of aromatic amines is 1. The summed E-state index contributed by atoms with van der Waals surface area (Å²) in [6.45, 7) is 0.656. The van der Waals surface area contributed by atoms with E-state index in [-0.39, 0.29) is 0 Å². The molecular weight excluding hydrogens is 348 g/mol. The first-order valence-electron chi connectivity index (χ1n) is 6.98. The van der Waals surface area contributed by atoms with Gasteiger partial charge in [-0.25, -0.2) is 9.50 Å². The van der Waals surface area contributed by atoms with Gasteiger partial charge in [-0.1, -0.05) is 41.9 Å². The standard InChI is InChI=1S/C16H11ClN4S2/c17-11-6-7-12-13(8-11)18-15(22)21-14(12)20(16(23)19-21)9-10-4-2-1-3-5-10/h1-8H,9H2,(H,19,23). The lowest BCUT2D eigenvalue weighted by atomic mass is 10.2. The van der Waals surface area contributed by atoms with Gasteiger partial charge in [-0.05, 0) is 48.2 Å².